The minimum atomic E-state index is -4.86. The number of likely N-dealkylation sites (tertiary alicyclic amines) is 1. The number of fused-ring (bicyclic) bond motifs is 1. The van der Waals surface area contributed by atoms with Crippen molar-refractivity contribution in [3.05, 3.63) is 82.8 Å². The Morgan fingerprint density at radius 1 is 0.907 bits per heavy atom. The number of rotatable bonds is 10. The van der Waals surface area contributed by atoms with Gasteiger partial charge in [-0.05, 0) is 98.3 Å². The number of halogens is 4. The monoisotopic (exact) mass is 748 g/mol. The summed E-state index contributed by atoms with van der Waals surface area (Å²) in [5, 5.41) is 6.33. The molecular formula is C40H44F4N6O4. The molecule has 2 N–H and O–H groups in total. The van der Waals surface area contributed by atoms with Crippen molar-refractivity contribution in [2.75, 3.05) is 36.4 Å². The van der Waals surface area contributed by atoms with E-state index in [-0.39, 0.29) is 29.5 Å². The number of nitrogens with zero attached hydrogens (tertiary/aromatic N) is 4. The number of aromatic nitrogens is 2. The average Bonchev–Trinajstić information content (AvgIpc) is 3.14. The van der Waals surface area contributed by atoms with E-state index >= 15 is 4.39 Å². The molecule has 0 radical (unpaired) electrons. The molecular weight excluding hydrogens is 704 g/mol. The molecule has 3 saturated heterocycles. The predicted octanol–water partition coefficient (Wildman–Crippen LogP) is 6.76. The van der Waals surface area contributed by atoms with Crippen LogP contribution in [0.5, 0.6) is 5.75 Å². The fraction of sp³-hybridized carbons (Fsp3) is 0.450. The molecule has 10 nitrogen and oxygen atoms in total. The Balaban J connectivity index is 0.898. The molecule has 0 aliphatic carbocycles. The summed E-state index contributed by atoms with van der Waals surface area (Å²) in [5.74, 6) is -0.188. The molecule has 4 aromatic rings. The second kappa shape index (κ2) is 15.8. The molecule has 1 atom stereocenters. The number of piperidine rings is 3. The van der Waals surface area contributed by atoms with Gasteiger partial charge in [-0.2, -0.15) is 0 Å². The van der Waals surface area contributed by atoms with Crippen molar-refractivity contribution in [2.45, 2.75) is 70.3 Å². The van der Waals surface area contributed by atoms with Gasteiger partial charge in [0, 0.05) is 68.5 Å². The van der Waals surface area contributed by atoms with Crippen LogP contribution >= 0.6 is 0 Å². The van der Waals surface area contributed by atoms with Gasteiger partial charge in [0.25, 0.3) is 5.56 Å². The molecule has 0 spiro atoms. The first-order valence-corrected chi connectivity index (χ1v) is 18.6. The number of hydrogen-bond donors (Lipinski definition) is 2. The highest BCUT2D eigenvalue weighted by molar-refractivity contribution is 6.01. The van der Waals surface area contributed by atoms with Crippen LogP contribution in [0.1, 0.15) is 56.9 Å². The molecule has 3 fully saturated rings. The van der Waals surface area contributed by atoms with E-state index in [1.807, 2.05) is 0 Å². The second-order valence-corrected chi connectivity index (χ2v) is 14.8. The Labute approximate surface area is 310 Å². The molecule has 14 heteroatoms. The Hall–Kier alpha value is -4.98. The Morgan fingerprint density at radius 2 is 1.63 bits per heavy atom. The first-order chi connectivity index (χ1) is 25.9. The number of alkyl halides is 3. The molecule has 0 bridgehead atoms. The lowest BCUT2D eigenvalue weighted by Gasteiger charge is -2.36. The van der Waals surface area contributed by atoms with Crippen LogP contribution in [-0.2, 0) is 23.2 Å². The van der Waals surface area contributed by atoms with E-state index in [2.05, 4.69) is 30.2 Å². The number of imide groups is 1. The summed E-state index contributed by atoms with van der Waals surface area (Å²) in [5.41, 5.74) is 2.39. The quantitative estimate of drug-likeness (QED) is 0.135. The number of hydrogen-bond acceptors (Lipinski definition) is 8. The van der Waals surface area contributed by atoms with Crippen molar-refractivity contribution in [1.29, 1.82) is 0 Å². The van der Waals surface area contributed by atoms with Crippen LogP contribution in [0.4, 0.5) is 28.9 Å². The molecule has 2 amide bonds. The van der Waals surface area contributed by atoms with Crippen LogP contribution in [0.2, 0.25) is 0 Å². The van der Waals surface area contributed by atoms with Crippen molar-refractivity contribution in [2.24, 2.45) is 18.9 Å². The SMILES string of the molecule is Cn1cc(-c2ccc(CN3CCC(CCC4CCN(c5ccc(NC6CCC(=O)NC6=O)cc5F)CC4)CC3)c(OC(F)(F)F)c2)c2ccncc2c1=O. The number of pyridine rings is 2. The topological polar surface area (TPSA) is 109 Å². The zero-order valence-corrected chi connectivity index (χ0v) is 30.1. The van der Waals surface area contributed by atoms with Crippen LogP contribution in [0.25, 0.3) is 21.9 Å². The summed E-state index contributed by atoms with van der Waals surface area (Å²) < 4.78 is 61.9. The normalized spacial score (nSPS) is 19.3. The number of carbonyl (C=O) groups excluding carboxylic acids is 2. The van der Waals surface area contributed by atoms with Gasteiger partial charge in [-0.3, -0.25) is 29.6 Å². The first-order valence-electron chi connectivity index (χ1n) is 18.6. The minimum absolute atomic E-state index is 0.238. The summed E-state index contributed by atoms with van der Waals surface area (Å²) in [4.78, 5) is 44.4. The Bertz CT molecular complexity index is 2070. The fourth-order valence-electron chi connectivity index (χ4n) is 8.11. The highest BCUT2D eigenvalue weighted by Gasteiger charge is 2.33. The van der Waals surface area contributed by atoms with Gasteiger partial charge < -0.3 is 19.5 Å². The number of benzene rings is 2. The van der Waals surface area contributed by atoms with Gasteiger partial charge in [0.2, 0.25) is 11.8 Å². The number of ether oxygens (including phenoxy) is 1. The van der Waals surface area contributed by atoms with Gasteiger partial charge in [0.1, 0.15) is 17.6 Å². The Morgan fingerprint density at radius 3 is 2.31 bits per heavy atom. The van der Waals surface area contributed by atoms with E-state index < -0.39 is 18.3 Å². The van der Waals surface area contributed by atoms with Crippen molar-refractivity contribution >= 4 is 34.0 Å². The van der Waals surface area contributed by atoms with E-state index in [0.717, 1.165) is 64.7 Å². The van der Waals surface area contributed by atoms with Crippen molar-refractivity contribution < 1.29 is 31.9 Å². The molecule has 2 aromatic carbocycles. The lowest BCUT2D eigenvalue weighted by atomic mass is 9.85. The predicted molar refractivity (Wildman–Crippen MR) is 197 cm³/mol. The lowest BCUT2D eigenvalue weighted by molar-refractivity contribution is -0.275. The maximum atomic E-state index is 15.2. The molecule has 0 saturated carbocycles. The van der Waals surface area contributed by atoms with E-state index in [1.165, 1.54) is 22.9 Å². The van der Waals surface area contributed by atoms with Crippen LogP contribution < -0.4 is 25.8 Å². The maximum absolute atomic E-state index is 15.2. The molecule has 2 aromatic heterocycles. The number of aryl methyl sites for hydroxylation is 1. The Kier molecular flexibility index (Phi) is 10.9. The summed E-state index contributed by atoms with van der Waals surface area (Å²) in [6, 6.07) is 10.9. The van der Waals surface area contributed by atoms with Crippen molar-refractivity contribution in [3.8, 4) is 16.9 Å². The van der Waals surface area contributed by atoms with E-state index in [0.29, 0.717) is 63.6 Å². The van der Waals surface area contributed by atoms with E-state index in [9.17, 15) is 27.6 Å². The maximum Gasteiger partial charge on any atom is 0.573 e. The summed E-state index contributed by atoms with van der Waals surface area (Å²) in [6.45, 7) is 3.41. The van der Waals surface area contributed by atoms with Crippen LogP contribution in [0.3, 0.4) is 0 Å². The summed E-state index contributed by atoms with van der Waals surface area (Å²) in [6.07, 6.45) is 6.46. The van der Waals surface area contributed by atoms with Crippen LogP contribution in [0.15, 0.2) is 65.8 Å². The largest absolute Gasteiger partial charge is 0.573 e. The molecule has 54 heavy (non-hydrogen) atoms. The van der Waals surface area contributed by atoms with Crippen molar-refractivity contribution in [1.82, 2.24) is 19.8 Å². The highest BCUT2D eigenvalue weighted by atomic mass is 19.4. The van der Waals surface area contributed by atoms with Gasteiger partial charge >= 0.3 is 6.36 Å². The molecule has 7 rings (SSSR count). The smallest absolute Gasteiger partial charge is 0.405 e. The zero-order chi connectivity index (χ0) is 38.0. The number of anilines is 2. The standard InChI is InChI=1S/C40H44F4N6O4/c1-48-24-32(30-10-15-45-22-31(30)39(48)53)27-4-5-28(36(20-27)54-40(42,43)44)23-49-16-11-25(12-17-49)2-3-26-13-18-50(19-14-26)35-8-6-29(21-33(35)41)46-34-7-9-37(51)47-38(34)52/h4-6,8,10,15,20-22,24-26,34,46H,2-3,7,9,11-14,16-19,23H2,1H3,(H,47,51,52). The van der Waals surface area contributed by atoms with Gasteiger partial charge in [-0.25, -0.2) is 4.39 Å². The van der Waals surface area contributed by atoms with Gasteiger partial charge in [-0.15, -0.1) is 13.2 Å². The molecule has 3 aliphatic heterocycles. The number of nitrogens with one attached hydrogen (secondary N) is 2. The molecule has 286 valence electrons. The van der Waals surface area contributed by atoms with Crippen LogP contribution in [0, 0.1) is 17.7 Å². The van der Waals surface area contributed by atoms with E-state index in [4.69, 9.17) is 0 Å². The third-order valence-corrected chi connectivity index (χ3v) is 11.2. The van der Waals surface area contributed by atoms with E-state index in [1.54, 1.807) is 49.8 Å². The highest BCUT2D eigenvalue weighted by Crippen LogP contribution is 2.36. The van der Waals surface area contributed by atoms with Gasteiger partial charge in [0.15, 0.2) is 0 Å². The summed E-state index contributed by atoms with van der Waals surface area (Å²) >= 11 is 0. The molecule has 3 aliphatic rings. The second-order valence-electron chi connectivity index (χ2n) is 14.8. The third kappa shape index (κ3) is 8.69. The number of carbonyl (C=O) groups is 2. The van der Waals surface area contributed by atoms with Crippen LogP contribution in [-0.4, -0.2) is 64.8 Å². The zero-order valence-electron chi connectivity index (χ0n) is 30.1. The fourth-order valence-corrected chi connectivity index (χ4v) is 8.11. The summed E-state index contributed by atoms with van der Waals surface area (Å²) in [7, 11) is 1.60. The first kappa shape index (κ1) is 37.3. The molecule has 5 heterocycles. The third-order valence-electron chi connectivity index (χ3n) is 11.2. The van der Waals surface area contributed by atoms with Gasteiger partial charge in [0.05, 0.1) is 11.1 Å². The molecule has 1 unspecified atom stereocenters. The minimum Gasteiger partial charge on any atom is -0.405 e. The van der Waals surface area contributed by atoms with Gasteiger partial charge in [-0.1, -0.05) is 25.0 Å². The van der Waals surface area contributed by atoms with Crippen molar-refractivity contribution in [3.63, 3.8) is 0 Å². The number of amides is 2. The lowest BCUT2D eigenvalue weighted by Crippen LogP contribution is -2.47. The average molecular weight is 749 g/mol.